The van der Waals surface area contributed by atoms with Gasteiger partial charge in [-0.05, 0) is 12.0 Å². The summed E-state index contributed by atoms with van der Waals surface area (Å²) in [5.74, 6) is -0.534. The van der Waals surface area contributed by atoms with Crippen LogP contribution in [0.15, 0.2) is 18.5 Å². The van der Waals surface area contributed by atoms with Crippen LogP contribution < -0.4 is 10.2 Å². The number of hydrogen-bond acceptors (Lipinski definition) is 5. The third-order valence-corrected chi connectivity index (χ3v) is 3.61. The molecule has 0 bridgehead atoms. The Hall–Kier alpha value is -2.38. The summed E-state index contributed by atoms with van der Waals surface area (Å²) < 4.78 is 0. The molecule has 2 N–H and O–H groups in total. The van der Waals surface area contributed by atoms with Crippen molar-refractivity contribution in [2.45, 2.75) is 19.9 Å². The average molecular weight is 307 g/mol. The number of carboxylic acids is 1. The summed E-state index contributed by atoms with van der Waals surface area (Å²) in [5, 5.41) is 11.7. The van der Waals surface area contributed by atoms with E-state index in [1.165, 1.54) is 0 Å². The molecular weight excluding hydrogens is 286 g/mol. The molecule has 2 amide bonds. The molecular formula is C14H21N5O3. The molecule has 8 nitrogen and oxygen atoms in total. The largest absolute Gasteiger partial charge is 0.480 e. The SMILES string of the molecule is CC(C)C(NC(=O)N1CCN(c2ncccn2)CC1)C(=O)O. The predicted molar refractivity (Wildman–Crippen MR) is 80.6 cm³/mol. The van der Waals surface area contributed by atoms with Crippen molar-refractivity contribution in [2.75, 3.05) is 31.1 Å². The first-order chi connectivity index (χ1) is 10.5. The van der Waals surface area contributed by atoms with Crippen LogP contribution in [-0.4, -0.2) is 64.2 Å². The van der Waals surface area contributed by atoms with Crippen LogP contribution >= 0.6 is 0 Å². The van der Waals surface area contributed by atoms with Crippen LogP contribution in [-0.2, 0) is 4.79 Å². The van der Waals surface area contributed by atoms with Gasteiger partial charge in [0.1, 0.15) is 6.04 Å². The molecule has 1 aromatic rings. The van der Waals surface area contributed by atoms with Crippen LogP contribution in [0.4, 0.5) is 10.7 Å². The van der Waals surface area contributed by atoms with Crippen molar-refractivity contribution >= 4 is 17.9 Å². The summed E-state index contributed by atoms with van der Waals surface area (Å²) in [6.45, 7) is 5.80. The van der Waals surface area contributed by atoms with Crippen molar-refractivity contribution in [3.8, 4) is 0 Å². The number of nitrogens with one attached hydrogen (secondary N) is 1. The molecule has 1 atom stereocenters. The number of nitrogens with zero attached hydrogens (tertiary/aromatic N) is 4. The number of anilines is 1. The molecule has 1 unspecified atom stereocenters. The number of rotatable bonds is 4. The summed E-state index contributed by atoms with van der Waals surface area (Å²) >= 11 is 0. The summed E-state index contributed by atoms with van der Waals surface area (Å²) in [4.78, 5) is 35.3. The molecule has 1 saturated heterocycles. The van der Waals surface area contributed by atoms with Crippen molar-refractivity contribution in [3.63, 3.8) is 0 Å². The van der Waals surface area contributed by atoms with E-state index >= 15 is 0 Å². The van der Waals surface area contributed by atoms with Crippen LogP contribution in [0.1, 0.15) is 13.8 Å². The molecule has 0 aliphatic carbocycles. The number of aliphatic carboxylic acids is 1. The van der Waals surface area contributed by atoms with Crippen molar-refractivity contribution in [3.05, 3.63) is 18.5 Å². The molecule has 22 heavy (non-hydrogen) atoms. The molecule has 120 valence electrons. The second kappa shape index (κ2) is 7.06. The molecule has 1 aromatic heterocycles. The van der Waals surface area contributed by atoms with Crippen LogP contribution in [0.25, 0.3) is 0 Å². The van der Waals surface area contributed by atoms with E-state index < -0.39 is 12.0 Å². The number of carboxylic acid groups (broad SMARTS) is 1. The third-order valence-electron chi connectivity index (χ3n) is 3.61. The van der Waals surface area contributed by atoms with E-state index in [4.69, 9.17) is 5.11 Å². The van der Waals surface area contributed by atoms with E-state index in [0.29, 0.717) is 32.1 Å². The highest BCUT2D eigenvalue weighted by atomic mass is 16.4. The van der Waals surface area contributed by atoms with E-state index in [0.717, 1.165) is 0 Å². The van der Waals surface area contributed by atoms with Gasteiger partial charge in [-0.15, -0.1) is 0 Å². The highest BCUT2D eigenvalue weighted by Crippen LogP contribution is 2.10. The smallest absolute Gasteiger partial charge is 0.326 e. The van der Waals surface area contributed by atoms with Gasteiger partial charge in [0.15, 0.2) is 0 Å². The number of urea groups is 1. The Morgan fingerprint density at radius 3 is 2.27 bits per heavy atom. The number of piperazine rings is 1. The van der Waals surface area contributed by atoms with Gasteiger partial charge in [0.2, 0.25) is 5.95 Å². The van der Waals surface area contributed by atoms with E-state index in [1.54, 1.807) is 37.2 Å². The van der Waals surface area contributed by atoms with Crippen LogP contribution in [0, 0.1) is 5.92 Å². The quantitative estimate of drug-likeness (QED) is 0.836. The lowest BCUT2D eigenvalue weighted by atomic mass is 10.1. The Labute approximate surface area is 129 Å². The maximum atomic E-state index is 12.2. The number of amides is 2. The van der Waals surface area contributed by atoms with Crippen molar-refractivity contribution in [1.82, 2.24) is 20.2 Å². The predicted octanol–water partition coefficient (Wildman–Crippen LogP) is 0.417. The van der Waals surface area contributed by atoms with E-state index in [1.807, 2.05) is 4.90 Å². The minimum absolute atomic E-state index is 0.166. The fourth-order valence-corrected chi connectivity index (χ4v) is 2.30. The average Bonchev–Trinajstić information content (AvgIpc) is 2.52. The number of aromatic nitrogens is 2. The Kier molecular flexibility index (Phi) is 5.13. The second-order valence-corrected chi connectivity index (χ2v) is 5.53. The zero-order valence-electron chi connectivity index (χ0n) is 12.8. The van der Waals surface area contributed by atoms with Gasteiger partial charge in [-0.3, -0.25) is 0 Å². The van der Waals surface area contributed by atoms with Crippen LogP contribution in [0.3, 0.4) is 0 Å². The van der Waals surface area contributed by atoms with Gasteiger partial charge in [-0.2, -0.15) is 0 Å². The lowest BCUT2D eigenvalue weighted by molar-refractivity contribution is -0.140. The van der Waals surface area contributed by atoms with Gasteiger partial charge in [0.05, 0.1) is 0 Å². The molecule has 2 heterocycles. The van der Waals surface area contributed by atoms with Crippen molar-refractivity contribution in [2.24, 2.45) is 5.92 Å². The number of carbonyl (C=O) groups excluding carboxylic acids is 1. The maximum Gasteiger partial charge on any atom is 0.326 e. The lowest BCUT2D eigenvalue weighted by Gasteiger charge is -2.35. The second-order valence-electron chi connectivity index (χ2n) is 5.53. The Balaban J connectivity index is 1.88. The van der Waals surface area contributed by atoms with Gasteiger partial charge >= 0.3 is 12.0 Å². The van der Waals surface area contributed by atoms with E-state index in [9.17, 15) is 9.59 Å². The summed E-state index contributed by atoms with van der Waals surface area (Å²) in [7, 11) is 0. The Morgan fingerprint density at radius 2 is 1.77 bits per heavy atom. The topological polar surface area (TPSA) is 98.7 Å². The van der Waals surface area contributed by atoms with Gasteiger partial charge in [-0.1, -0.05) is 13.8 Å². The summed E-state index contributed by atoms with van der Waals surface area (Å²) in [6.07, 6.45) is 3.36. The van der Waals surface area contributed by atoms with Crippen LogP contribution in [0.5, 0.6) is 0 Å². The van der Waals surface area contributed by atoms with E-state index in [2.05, 4.69) is 15.3 Å². The highest BCUT2D eigenvalue weighted by molar-refractivity contribution is 5.82. The van der Waals surface area contributed by atoms with Crippen molar-refractivity contribution in [1.29, 1.82) is 0 Å². The Bertz CT molecular complexity index is 514. The van der Waals surface area contributed by atoms with Gasteiger partial charge < -0.3 is 20.2 Å². The fraction of sp³-hybridized carbons (Fsp3) is 0.571. The molecule has 1 aliphatic heterocycles. The molecule has 0 aromatic carbocycles. The fourth-order valence-electron chi connectivity index (χ4n) is 2.30. The Morgan fingerprint density at radius 1 is 1.18 bits per heavy atom. The normalized spacial score (nSPS) is 16.5. The molecule has 1 aliphatic rings. The van der Waals surface area contributed by atoms with Gasteiger partial charge in [-0.25, -0.2) is 19.6 Å². The molecule has 0 radical (unpaired) electrons. The first kappa shape index (κ1) is 16.0. The molecule has 2 rings (SSSR count). The molecule has 0 spiro atoms. The number of carbonyl (C=O) groups is 2. The van der Waals surface area contributed by atoms with Crippen LogP contribution in [0.2, 0.25) is 0 Å². The van der Waals surface area contributed by atoms with Gasteiger partial charge in [0, 0.05) is 38.6 Å². The maximum absolute atomic E-state index is 12.2. The monoisotopic (exact) mass is 307 g/mol. The van der Waals surface area contributed by atoms with E-state index in [-0.39, 0.29) is 11.9 Å². The summed E-state index contributed by atoms with van der Waals surface area (Å²) in [5.41, 5.74) is 0. The first-order valence-electron chi connectivity index (χ1n) is 7.29. The lowest BCUT2D eigenvalue weighted by Crippen LogP contribution is -2.55. The van der Waals surface area contributed by atoms with Gasteiger partial charge in [0.25, 0.3) is 0 Å². The zero-order chi connectivity index (χ0) is 16.1. The molecule has 1 fully saturated rings. The first-order valence-corrected chi connectivity index (χ1v) is 7.29. The minimum Gasteiger partial charge on any atom is -0.480 e. The highest BCUT2D eigenvalue weighted by Gasteiger charge is 2.28. The van der Waals surface area contributed by atoms with Crippen molar-refractivity contribution < 1.29 is 14.7 Å². The zero-order valence-corrected chi connectivity index (χ0v) is 12.8. The minimum atomic E-state index is -1.01. The third kappa shape index (κ3) is 3.84. The molecule has 8 heteroatoms. The standard InChI is InChI=1S/C14H21N5O3/c1-10(2)11(12(20)21)17-14(22)19-8-6-18(7-9-19)13-15-4-3-5-16-13/h3-5,10-11H,6-9H2,1-2H3,(H,17,22)(H,20,21). The summed E-state index contributed by atoms with van der Waals surface area (Å²) in [6, 6.07) is 0.545. The number of hydrogen-bond donors (Lipinski definition) is 2. The molecule has 0 saturated carbocycles.